The van der Waals surface area contributed by atoms with E-state index in [9.17, 15) is 13.2 Å². The third-order valence-electron chi connectivity index (χ3n) is 8.23. The van der Waals surface area contributed by atoms with Gasteiger partial charge in [-0.25, -0.2) is 13.1 Å². The molecule has 4 aliphatic rings. The van der Waals surface area contributed by atoms with Crippen molar-refractivity contribution in [3.8, 4) is 0 Å². The lowest BCUT2D eigenvalue weighted by Gasteiger charge is -2.29. The van der Waals surface area contributed by atoms with Crippen molar-refractivity contribution >= 4 is 38.7 Å². The first-order valence-corrected chi connectivity index (χ1v) is 15.4. The fourth-order valence-corrected chi connectivity index (χ4v) is 6.98. The molecule has 0 aromatic heterocycles. The molecule has 2 N–H and O–H groups in total. The molecule has 202 valence electrons. The predicted octanol–water partition coefficient (Wildman–Crippen LogP) is 4.60. The molecule has 2 heterocycles. The number of ether oxygens (including phenoxy) is 1. The average molecular weight is 537 g/mol. The van der Waals surface area contributed by atoms with Gasteiger partial charge in [-0.05, 0) is 85.5 Å². The van der Waals surface area contributed by atoms with Gasteiger partial charge in [-0.1, -0.05) is 19.3 Å². The number of morpholine rings is 1. The molecule has 8 nitrogen and oxygen atoms in total. The zero-order valence-corrected chi connectivity index (χ0v) is 22.5. The highest BCUT2D eigenvalue weighted by atomic mass is 32.2. The molecular weight excluding hydrogens is 500 g/mol. The molecule has 2 aromatic carbocycles. The number of hydrogen-bond donors (Lipinski definition) is 2. The summed E-state index contributed by atoms with van der Waals surface area (Å²) in [6.45, 7) is 3.67. The van der Waals surface area contributed by atoms with Gasteiger partial charge in [0.15, 0.2) is 0 Å². The van der Waals surface area contributed by atoms with Crippen LogP contribution >= 0.6 is 0 Å². The van der Waals surface area contributed by atoms with Crippen LogP contribution in [0.2, 0.25) is 0 Å². The Morgan fingerprint density at radius 1 is 1.00 bits per heavy atom. The quantitative estimate of drug-likeness (QED) is 0.481. The summed E-state index contributed by atoms with van der Waals surface area (Å²) < 4.78 is 34.3. The first-order valence-electron chi connectivity index (χ1n) is 13.9. The van der Waals surface area contributed by atoms with Crippen molar-refractivity contribution < 1.29 is 17.9 Å². The SMILES string of the molecule is O=C1Nc2ccc(S(=O)(=O)NCC3CC3)cc2C1C(=Nc1ccc(N2CCOCC2)cc1)C1CCCCC1. The molecule has 2 saturated carbocycles. The zero-order chi connectivity index (χ0) is 26.1. The Kier molecular flexibility index (Phi) is 7.24. The van der Waals surface area contributed by atoms with E-state index >= 15 is 0 Å². The number of rotatable bonds is 8. The fraction of sp³-hybridized carbons (Fsp3) is 0.517. The summed E-state index contributed by atoms with van der Waals surface area (Å²) in [5.41, 5.74) is 4.19. The first kappa shape index (κ1) is 25.5. The molecule has 2 aliphatic carbocycles. The number of amides is 1. The Bertz CT molecular complexity index is 1310. The number of aliphatic imine (C=N–C) groups is 1. The summed E-state index contributed by atoms with van der Waals surface area (Å²) >= 11 is 0. The number of nitrogens with one attached hydrogen (secondary N) is 2. The Balaban J connectivity index is 1.33. The number of hydrogen-bond acceptors (Lipinski definition) is 6. The predicted molar refractivity (Wildman–Crippen MR) is 149 cm³/mol. The molecule has 6 rings (SSSR count). The number of fused-ring (bicyclic) bond motifs is 1. The Morgan fingerprint density at radius 2 is 1.74 bits per heavy atom. The van der Waals surface area contributed by atoms with E-state index in [2.05, 4.69) is 27.1 Å². The van der Waals surface area contributed by atoms with Gasteiger partial charge in [0, 0.05) is 36.7 Å². The molecule has 38 heavy (non-hydrogen) atoms. The highest BCUT2D eigenvalue weighted by Gasteiger charge is 2.39. The van der Waals surface area contributed by atoms with Gasteiger partial charge in [-0.3, -0.25) is 9.79 Å². The molecular formula is C29H36N4O4S. The van der Waals surface area contributed by atoms with Crippen LogP contribution < -0.4 is 14.9 Å². The lowest BCUT2D eigenvalue weighted by molar-refractivity contribution is -0.115. The third kappa shape index (κ3) is 5.51. The summed E-state index contributed by atoms with van der Waals surface area (Å²) in [5.74, 6) is -0.0900. The van der Waals surface area contributed by atoms with Crippen molar-refractivity contribution in [3.05, 3.63) is 48.0 Å². The normalized spacial score (nSPS) is 22.8. The van der Waals surface area contributed by atoms with Gasteiger partial charge in [-0.15, -0.1) is 0 Å². The van der Waals surface area contributed by atoms with Gasteiger partial charge in [-0.2, -0.15) is 0 Å². The first-order chi connectivity index (χ1) is 18.5. The lowest BCUT2D eigenvalue weighted by Crippen LogP contribution is -2.36. The topological polar surface area (TPSA) is 100 Å². The van der Waals surface area contributed by atoms with E-state index in [-0.39, 0.29) is 16.7 Å². The standard InChI is InChI=1S/C29H36N4O4S/c34-29-27(25-18-24(12-13-26(25)32-29)38(35,36)30-19-20-6-7-20)28(21-4-2-1-3-5-21)31-22-8-10-23(11-9-22)33-14-16-37-17-15-33/h8-13,18,20-21,27,30H,1-7,14-17,19H2,(H,32,34). The maximum Gasteiger partial charge on any atom is 0.240 e. The number of anilines is 2. The lowest BCUT2D eigenvalue weighted by atomic mass is 9.79. The molecule has 9 heteroatoms. The molecule has 1 saturated heterocycles. The molecule has 0 bridgehead atoms. The van der Waals surface area contributed by atoms with Crippen LogP contribution in [0.1, 0.15) is 56.4 Å². The van der Waals surface area contributed by atoms with Gasteiger partial charge in [0.25, 0.3) is 0 Å². The molecule has 0 spiro atoms. The zero-order valence-electron chi connectivity index (χ0n) is 21.7. The second-order valence-electron chi connectivity index (χ2n) is 11.0. The third-order valence-corrected chi connectivity index (χ3v) is 9.65. The van der Waals surface area contributed by atoms with E-state index in [0.717, 1.165) is 81.9 Å². The Morgan fingerprint density at radius 3 is 2.45 bits per heavy atom. The minimum atomic E-state index is -3.65. The monoisotopic (exact) mass is 536 g/mol. The van der Waals surface area contributed by atoms with Crippen molar-refractivity contribution in [2.45, 2.75) is 55.8 Å². The number of carbonyl (C=O) groups is 1. The van der Waals surface area contributed by atoms with Crippen molar-refractivity contribution in [3.63, 3.8) is 0 Å². The molecule has 1 unspecified atom stereocenters. The maximum absolute atomic E-state index is 13.4. The smallest absolute Gasteiger partial charge is 0.240 e. The van der Waals surface area contributed by atoms with E-state index in [0.29, 0.717) is 23.7 Å². The number of benzene rings is 2. The summed E-state index contributed by atoms with van der Waals surface area (Å²) in [4.78, 5) is 21.0. The van der Waals surface area contributed by atoms with Gasteiger partial charge < -0.3 is 15.0 Å². The molecule has 3 fully saturated rings. The van der Waals surface area contributed by atoms with Gasteiger partial charge in [0.2, 0.25) is 15.9 Å². The van der Waals surface area contributed by atoms with Crippen molar-refractivity contribution in [2.24, 2.45) is 16.8 Å². The van der Waals surface area contributed by atoms with Gasteiger partial charge in [0.1, 0.15) is 5.92 Å². The summed E-state index contributed by atoms with van der Waals surface area (Å²) in [5, 5.41) is 2.99. The molecule has 0 radical (unpaired) electrons. The molecule has 2 aromatic rings. The highest BCUT2D eigenvalue weighted by Crippen LogP contribution is 2.41. The molecule has 1 atom stereocenters. The molecule has 2 aliphatic heterocycles. The van der Waals surface area contributed by atoms with Crippen LogP contribution in [0, 0.1) is 11.8 Å². The van der Waals surface area contributed by atoms with Crippen LogP contribution in [0.15, 0.2) is 52.4 Å². The van der Waals surface area contributed by atoms with E-state index < -0.39 is 15.9 Å². The van der Waals surface area contributed by atoms with E-state index in [1.54, 1.807) is 18.2 Å². The Hall–Kier alpha value is -2.75. The van der Waals surface area contributed by atoms with Gasteiger partial charge >= 0.3 is 0 Å². The van der Waals surface area contributed by atoms with E-state index in [1.165, 1.54) is 6.42 Å². The van der Waals surface area contributed by atoms with Crippen molar-refractivity contribution in [2.75, 3.05) is 43.1 Å². The summed E-state index contributed by atoms with van der Waals surface area (Å²) in [7, 11) is -3.65. The van der Waals surface area contributed by atoms with E-state index in [4.69, 9.17) is 9.73 Å². The van der Waals surface area contributed by atoms with Crippen molar-refractivity contribution in [1.29, 1.82) is 0 Å². The minimum Gasteiger partial charge on any atom is -0.378 e. The average Bonchev–Trinajstić information content (AvgIpc) is 3.73. The fourth-order valence-electron chi connectivity index (χ4n) is 5.83. The number of carbonyl (C=O) groups excluding carboxylic acids is 1. The van der Waals surface area contributed by atoms with Crippen LogP contribution in [0.3, 0.4) is 0 Å². The second kappa shape index (κ2) is 10.8. The molecule has 1 amide bonds. The van der Waals surface area contributed by atoms with Crippen LogP contribution in [-0.2, 0) is 19.6 Å². The van der Waals surface area contributed by atoms with Crippen LogP contribution in [0.4, 0.5) is 17.1 Å². The number of sulfonamides is 1. The van der Waals surface area contributed by atoms with E-state index in [1.807, 2.05) is 12.1 Å². The summed E-state index contributed by atoms with van der Waals surface area (Å²) in [6.07, 6.45) is 7.54. The van der Waals surface area contributed by atoms with Crippen LogP contribution in [-0.4, -0.2) is 52.9 Å². The van der Waals surface area contributed by atoms with Crippen molar-refractivity contribution in [1.82, 2.24) is 4.72 Å². The number of nitrogens with zero attached hydrogens (tertiary/aromatic N) is 2. The summed E-state index contributed by atoms with van der Waals surface area (Å²) in [6, 6.07) is 13.2. The maximum atomic E-state index is 13.4. The second-order valence-corrected chi connectivity index (χ2v) is 12.7. The van der Waals surface area contributed by atoms with Crippen LogP contribution in [0.5, 0.6) is 0 Å². The Labute approximate surface area is 224 Å². The highest BCUT2D eigenvalue weighted by molar-refractivity contribution is 7.89. The minimum absolute atomic E-state index is 0.130. The largest absolute Gasteiger partial charge is 0.378 e. The van der Waals surface area contributed by atoms with Crippen LogP contribution in [0.25, 0.3) is 0 Å². The van der Waals surface area contributed by atoms with Gasteiger partial charge in [0.05, 0.1) is 23.8 Å².